The van der Waals surface area contributed by atoms with Gasteiger partial charge in [0, 0.05) is 19.4 Å². The molecular weight excluding hydrogens is 238 g/mol. The Bertz CT molecular complexity index is 569. The van der Waals surface area contributed by atoms with Crippen LogP contribution in [-0.2, 0) is 13.6 Å². The van der Waals surface area contributed by atoms with Gasteiger partial charge in [0.05, 0.1) is 17.8 Å². The number of nitriles is 1. The SMILES string of the molecule is Cn1nccc1CNc1nccc(C#N)c1Cl. The highest BCUT2D eigenvalue weighted by Gasteiger charge is 2.07. The second-order valence-electron chi connectivity index (χ2n) is 3.43. The van der Waals surface area contributed by atoms with Gasteiger partial charge in [0.1, 0.15) is 16.9 Å². The lowest BCUT2D eigenvalue weighted by atomic mass is 10.3. The molecule has 0 fully saturated rings. The first-order valence-electron chi connectivity index (χ1n) is 4.97. The van der Waals surface area contributed by atoms with Gasteiger partial charge in [-0.1, -0.05) is 11.6 Å². The number of hydrogen-bond acceptors (Lipinski definition) is 4. The van der Waals surface area contributed by atoms with Gasteiger partial charge in [-0.2, -0.15) is 10.4 Å². The molecule has 0 atom stereocenters. The standard InChI is InChI=1S/C11H10ClN5/c1-17-9(3-5-16-17)7-15-11-10(12)8(6-13)2-4-14-11/h2-5H,7H2,1H3,(H,14,15). The summed E-state index contributed by atoms with van der Waals surface area (Å²) in [7, 11) is 1.86. The molecule has 86 valence electrons. The number of aryl methyl sites for hydroxylation is 1. The Hall–Kier alpha value is -2.06. The zero-order valence-corrected chi connectivity index (χ0v) is 9.94. The van der Waals surface area contributed by atoms with Gasteiger partial charge in [0.25, 0.3) is 0 Å². The Morgan fingerprint density at radius 2 is 2.29 bits per heavy atom. The van der Waals surface area contributed by atoms with Crippen LogP contribution in [0.1, 0.15) is 11.3 Å². The van der Waals surface area contributed by atoms with E-state index in [1.54, 1.807) is 23.1 Å². The van der Waals surface area contributed by atoms with Crippen LogP contribution in [0.15, 0.2) is 24.5 Å². The molecule has 0 saturated carbocycles. The van der Waals surface area contributed by atoms with Crippen molar-refractivity contribution in [3.63, 3.8) is 0 Å². The van der Waals surface area contributed by atoms with Crippen LogP contribution in [0.3, 0.4) is 0 Å². The first-order valence-corrected chi connectivity index (χ1v) is 5.35. The molecule has 0 radical (unpaired) electrons. The molecule has 0 amide bonds. The number of anilines is 1. The summed E-state index contributed by atoms with van der Waals surface area (Å²) in [6, 6.07) is 5.49. The van der Waals surface area contributed by atoms with E-state index in [1.807, 2.05) is 19.2 Å². The van der Waals surface area contributed by atoms with Gasteiger partial charge in [-0.3, -0.25) is 4.68 Å². The minimum absolute atomic E-state index is 0.345. The fourth-order valence-corrected chi connectivity index (χ4v) is 1.62. The van der Waals surface area contributed by atoms with Crippen molar-refractivity contribution in [1.82, 2.24) is 14.8 Å². The fourth-order valence-electron chi connectivity index (χ4n) is 1.40. The normalized spacial score (nSPS) is 9.94. The maximum atomic E-state index is 8.84. The highest BCUT2D eigenvalue weighted by Crippen LogP contribution is 2.22. The van der Waals surface area contributed by atoms with Crippen molar-refractivity contribution in [2.45, 2.75) is 6.54 Å². The lowest BCUT2D eigenvalue weighted by molar-refractivity contribution is 0.720. The molecule has 0 aliphatic carbocycles. The lowest BCUT2D eigenvalue weighted by Crippen LogP contribution is -2.07. The first kappa shape index (κ1) is 11.4. The van der Waals surface area contributed by atoms with Crippen molar-refractivity contribution in [2.24, 2.45) is 7.05 Å². The van der Waals surface area contributed by atoms with E-state index in [0.717, 1.165) is 5.69 Å². The average molecular weight is 248 g/mol. The molecule has 0 aromatic carbocycles. The number of rotatable bonds is 3. The maximum Gasteiger partial charge on any atom is 0.146 e. The maximum absolute atomic E-state index is 8.84. The predicted octanol–water partition coefficient (Wildman–Crippen LogP) is 1.95. The number of nitrogens with one attached hydrogen (secondary N) is 1. The van der Waals surface area contributed by atoms with Crippen LogP contribution < -0.4 is 5.32 Å². The minimum Gasteiger partial charge on any atom is -0.363 e. The largest absolute Gasteiger partial charge is 0.363 e. The third-order valence-electron chi connectivity index (χ3n) is 2.37. The van der Waals surface area contributed by atoms with Crippen molar-refractivity contribution in [3.05, 3.63) is 40.8 Å². The van der Waals surface area contributed by atoms with E-state index in [-0.39, 0.29) is 0 Å². The zero-order chi connectivity index (χ0) is 12.3. The molecule has 2 heterocycles. The van der Waals surface area contributed by atoms with Crippen LogP contribution in [0.4, 0.5) is 5.82 Å². The van der Waals surface area contributed by atoms with E-state index in [9.17, 15) is 0 Å². The topological polar surface area (TPSA) is 66.5 Å². The van der Waals surface area contributed by atoms with Gasteiger partial charge in [-0.15, -0.1) is 0 Å². The lowest BCUT2D eigenvalue weighted by Gasteiger charge is -2.07. The molecule has 2 aromatic heterocycles. The van der Waals surface area contributed by atoms with E-state index in [4.69, 9.17) is 16.9 Å². The molecule has 0 bridgehead atoms. The van der Waals surface area contributed by atoms with Gasteiger partial charge in [-0.25, -0.2) is 4.98 Å². The highest BCUT2D eigenvalue weighted by atomic mass is 35.5. The summed E-state index contributed by atoms with van der Waals surface area (Å²) in [5.74, 6) is 0.506. The molecule has 2 rings (SSSR count). The van der Waals surface area contributed by atoms with Gasteiger partial charge in [0.2, 0.25) is 0 Å². The summed E-state index contributed by atoms with van der Waals surface area (Å²) in [6.45, 7) is 0.554. The number of hydrogen-bond donors (Lipinski definition) is 1. The summed E-state index contributed by atoms with van der Waals surface area (Å²) in [4.78, 5) is 4.09. The average Bonchev–Trinajstić information content (AvgIpc) is 2.74. The quantitative estimate of drug-likeness (QED) is 0.900. The van der Waals surface area contributed by atoms with Crippen LogP contribution in [0.25, 0.3) is 0 Å². The second-order valence-corrected chi connectivity index (χ2v) is 3.81. The molecule has 5 nitrogen and oxygen atoms in total. The molecule has 0 aliphatic heterocycles. The molecular formula is C11H10ClN5. The van der Waals surface area contributed by atoms with Gasteiger partial charge in [-0.05, 0) is 12.1 Å². The molecule has 0 unspecified atom stereocenters. The summed E-state index contributed by atoms with van der Waals surface area (Å²) >= 11 is 6.02. The summed E-state index contributed by atoms with van der Waals surface area (Å²) < 4.78 is 1.76. The third-order valence-corrected chi connectivity index (χ3v) is 2.75. The van der Waals surface area contributed by atoms with Gasteiger partial charge >= 0.3 is 0 Å². The second kappa shape index (κ2) is 4.85. The molecule has 0 saturated heterocycles. The Kier molecular flexibility index (Phi) is 3.26. The molecule has 6 heteroatoms. The van der Waals surface area contributed by atoms with E-state index in [2.05, 4.69) is 15.4 Å². The van der Waals surface area contributed by atoms with E-state index in [0.29, 0.717) is 22.9 Å². The zero-order valence-electron chi connectivity index (χ0n) is 9.18. The van der Waals surface area contributed by atoms with Gasteiger partial charge in [0.15, 0.2) is 0 Å². The van der Waals surface area contributed by atoms with Crippen LogP contribution in [-0.4, -0.2) is 14.8 Å². The molecule has 0 aliphatic rings. The Labute approximate surface area is 104 Å². The van der Waals surface area contributed by atoms with Crippen molar-refractivity contribution in [3.8, 4) is 6.07 Å². The monoisotopic (exact) mass is 247 g/mol. The van der Waals surface area contributed by atoms with E-state index in [1.165, 1.54) is 0 Å². The van der Waals surface area contributed by atoms with Gasteiger partial charge < -0.3 is 5.32 Å². The molecule has 17 heavy (non-hydrogen) atoms. The van der Waals surface area contributed by atoms with Crippen LogP contribution >= 0.6 is 11.6 Å². The fraction of sp³-hybridized carbons (Fsp3) is 0.182. The number of aromatic nitrogens is 3. The summed E-state index contributed by atoms with van der Waals surface area (Å²) in [5, 5.41) is 16.3. The summed E-state index contributed by atoms with van der Waals surface area (Å²) in [5.41, 5.74) is 1.42. The van der Waals surface area contributed by atoms with Crippen molar-refractivity contribution >= 4 is 17.4 Å². The number of nitrogens with zero attached hydrogens (tertiary/aromatic N) is 4. The Morgan fingerprint density at radius 3 is 2.94 bits per heavy atom. The number of halogens is 1. The molecule has 1 N–H and O–H groups in total. The Balaban J connectivity index is 2.15. The molecule has 2 aromatic rings. The molecule has 0 spiro atoms. The highest BCUT2D eigenvalue weighted by molar-refractivity contribution is 6.34. The third kappa shape index (κ3) is 2.37. The van der Waals surface area contributed by atoms with Crippen LogP contribution in [0.2, 0.25) is 5.02 Å². The van der Waals surface area contributed by atoms with Crippen molar-refractivity contribution < 1.29 is 0 Å². The predicted molar refractivity (Wildman–Crippen MR) is 64.5 cm³/mol. The van der Waals surface area contributed by atoms with Crippen LogP contribution in [0.5, 0.6) is 0 Å². The number of pyridine rings is 1. The smallest absolute Gasteiger partial charge is 0.146 e. The summed E-state index contributed by atoms with van der Waals surface area (Å²) in [6.07, 6.45) is 3.27. The minimum atomic E-state index is 0.345. The van der Waals surface area contributed by atoms with E-state index >= 15 is 0 Å². The Morgan fingerprint density at radius 1 is 1.47 bits per heavy atom. The van der Waals surface area contributed by atoms with Crippen LogP contribution in [0, 0.1) is 11.3 Å². The first-order chi connectivity index (χ1) is 8.22. The van der Waals surface area contributed by atoms with Crippen molar-refractivity contribution in [1.29, 1.82) is 5.26 Å². The van der Waals surface area contributed by atoms with E-state index < -0.39 is 0 Å². The van der Waals surface area contributed by atoms with Crippen molar-refractivity contribution in [2.75, 3.05) is 5.32 Å².